The van der Waals surface area contributed by atoms with Gasteiger partial charge in [0.25, 0.3) is 0 Å². The summed E-state index contributed by atoms with van der Waals surface area (Å²) >= 11 is 0. The van der Waals surface area contributed by atoms with E-state index in [0.29, 0.717) is 0 Å². The van der Waals surface area contributed by atoms with E-state index in [1.807, 2.05) is 0 Å². The maximum absolute atomic E-state index is 12.6. The van der Waals surface area contributed by atoms with Gasteiger partial charge in [0.15, 0.2) is 11.6 Å². The van der Waals surface area contributed by atoms with Crippen molar-refractivity contribution in [3.63, 3.8) is 0 Å². The largest absolute Gasteiger partial charge is 0.460 e. The van der Waals surface area contributed by atoms with Crippen molar-refractivity contribution in [3.05, 3.63) is 54.7 Å². The number of nitrogens with zero attached hydrogens (tertiary/aromatic N) is 4. The second kappa shape index (κ2) is 6.36. The minimum absolute atomic E-state index is 0.0372. The van der Waals surface area contributed by atoms with Crippen LogP contribution in [0.4, 0.5) is 0 Å². The second-order valence-corrected chi connectivity index (χ2v) is 6.55. The van der Waals surface area contributed by atoms with Gasteiger partial charge in [-0.05, 0) is 0 Å². The van der Waals surface area contributed by atoms with Gasteiger partial charge in [-0.1, -0.05) is 4.67 Å². The number of nitrogens with one attached hydrogen (secondary N) is 3. The highest BCUT2D eigenvalue weighted by Gasteiger charge is 2.60. The van der Waals surface area contributed by atoms with E-state index in [2.05, 4.69) is 29.9 Å². The third-order valence-corrected chi connectivity index (χ3v) is 4.72. The summed E-state index contributed by atoms with van der Waals surface area (Å²) in [5, 5.41) is 0. The number of aromatic amines is 3. The molecule has 0 bridgehead atoms. The lowest BCUT2D eigenvalue weighted by atomic mass is 10.5. The van der Waals surface area contributed by atoms with Gasteiger partial charge < -0.3 is 15.0 Å². The van der Waals surface area contributed by atoms with Gasteiger partial charge in [-0.2, -0.15) is 9.79 Å². The monoisotopic (exact) mass is 364 g/mol. The normalized spacial score (nSPS) is 11.3. The number of carbonyl (C=O) groups is 3. The Kier molecular flexibility index (Phi) is 4.23. The zero-order valence-corrected chi connectivity index (χ0v) is 13.2. The Hall–Kier alpha value is -3.21. The van der Waals surface area contributed by atoms with Crippen LogP contribution in [-0.2, 0) is 0 Å². The zero-order valence-electron chi connectivity index (χ0n) is 12.3. The van der Waals surface area contributed by atoms with Crippen molar-refractivity contribution in [2.24, 2.45) is 0 Å². The van der Waals surface area contributed by atoms with Crippen LogP contribution in [0.25, 0.3) is 0 Å². The maximum atomic E-state index is 12.6. The molecular formula is C12H11N7O5P+. The van der Waals surface area contributed by atoms with Crippen molar-refractivity contribution in [1.82, 2.24) is 34.6 Å². The smallest absolute Gasteiger partial charge is 0.340 e. The van der Waals surface area contributed by atoms with E-state index in [9.17, 15) is 24.2 Å². The predicted molar refractivity (Wildman–Crippen MR) is 82.0 cm³/mol. The Balaban J connectivity index is 2.05. The van der Waals surface area contributed by atoms with Crippen LogP contribution in [-0.4, -0.2) is 61.7 Å². The standard InChI is InChI=1S/C12H10N7O5P/c20-10(7-13-1-2-14-7)19(11(21)8-15-3-4-16-8)25(23,24)12(22)9-17-5-6-18-9/h1-6,23-24H,(H2-,13,14,15,16,17,18,20,21,22)/p+1. The molecule has 13 heteroatoms. The molecule has 2 amide bonds. The summed E-state index contributed by atoms with van der Waals surface area (Å²) in [6.45, 7) is 0. The van der Waals surface area contributed by atoms with E-state index in [4.69, 9.17) is 0 Å². The fraction of sp³-hybridized carbons (Fsp3) is 0. The highest BCUT2D eigenvalue weighted by molar-refractivity contribution is 7.80. The predicted octanol–water partition coefficient (Wildman–Crippen LogP) is -0.274. The number of amides is 2. The van der Waals surface area contributed by atoms with E-state index in [-0.39, 0.29) is 16.3 Å². The molecule has 0 aliphatic carbocycles. The minimum atomic E-state index is -4.95. The fourth-order valence-corrected chi connectivity index (χ4v) is 3.21. The number of rotatable bonds is 5. The Morgan fingerprint density at radius 1 is 0.800 bits per heavy atom. The summed E-state index contributed by atoms with van der Waals surface area (Å²) in [4.78, 5) is 76.5. The topological polar surface area (TPSA) is 181 Å². The first kappa shape index (κ1) is 16.6. The molecule has 12 nitrogen and oxygen atoms in total. The van der Waals surface area contributed by atoms with Crippen LogP contribution < -0.4 is 0 Å². The van der Waals surface area contributed by atoms with E-state index in [0.717, 1.165) is 0 Å². The molecule has 3 aromatic rings. The number of aromatic nitrogens is 6. The Bertz CT molecular complexity index is 842. The van der Waals surface area contributed by atoms with Gasteiger partial charge in [0.1, 0.15) is 0 Å². The molecule has 0 radical (unpaired) electrons. The van der Waals surface area contributed by atoms with Crippen LogP contribution >= 0.6 is 7.87 Å². The van der Waals surface area contributed by atoms with Gasteiger partial charge in [0.2, 0.25) is 5.82 Å². The van der Waals surface area contributed by atoms with Crippen molar-refractivity contribution in [3.8, 4) is 0 Å². The van der Waals surface area contributed by atoms with Crippen molar-refractivity contribution >= 4 is 25.2 Å². The van der Waals surface area contributed by atoms with Gasteiger partial charge in [-0.3, -0.25) is 9.59 Å². The van der Waals surface area contributed by atoms with Gasteiger partial charge in [-0.15, -0.1) is 0 Å². The zero-order chi connectivity index (χ0) is 18.0. The molecule has 5 N–H and O–H groups in total. The first-order valence-corrected chi connectivity index (χ1v) is 8.34. The molecule has 0 saturated heterocycles. The first-order valence-electron chi connectivity index (χ1n) is 6.69. The average Bonchev–Trinajstić information content (AvgIpc) is 3.37. The second-order valence-electron chi connectivity index (χ2n) is 4.61. The summed E-state index contributed by atoms with van der Waals surface area (Å²) in [5.74, 6) is -3.55. The lowest BCUT2D eigenvalue weighted by molar-refractivity contribution is 0.0677. The van der Waals surface area contributed by atoms with Gasteiger partial charge >= 0.3 is 25.2 Å². The molecule has 0 saturated carbocycles. The summed E-state index contributed by atoms with van der Waals surface area (Å²) in [6, 6.07) is 0. The number of H-pyrrole nitrogens is 3. The number of carbonyl (C=O) groups excluding carboxylic acids is 3. The number of imide groups is 1. The lowest BCUT2D eigenvalue weighted by Gasteiger charge is -2.20. The van der Waals surface area contributed by atoms with E-state index < -0.39 is 31.0 Å². The summed E-state index contributed by atoms with van der Waals surface area (Å²) in [6.07, 6.45) is 7.54. The molecule has 128 valence electrons. The van der Waals surface area contributed by atoms with Crippen molar-refractivity contribution in [2.75, 3.05) is 0 Å². The molecule has 3 heterocycles. The van der Waals surface area contributed by atoms with Crippen LogP contribution in [0.5, 0.6) is 0 Å². The van der Waals surface area contributed by atoms with E-state index in [1.165, 1.54) is 37.2 Å². The molecule has 0 spiro atoms. The SMILES string of the molecule is O=C(c1ncc[nH]1)N(C(=O)c1ncc[nH]1)[P+](O)(O)C(=O)c1ncc[nH]1. The molecule has 3 aromatic heterocycles. The van der Waals surface area contributed by atoms with Gasteiger partial charge in [0.05, 0.1) is 0 Å². The molecule has 0 aliphatic heterocycles. The lowest BCUT2D eigenvalue weighted by Crippen LogP contribution is -2.40. The first-order chi connectivity index (χ1) is 11.9. The molecule has 25 heavy (non-hydrogen) atoms. The maximum Gasteiger partial charge on any atom is 0.460 e. The molecule has 0 fully saturated rings. The highest BCUT2D eigenvalue weighted by atomic mass is 31.2. The summed E-state index contributed by atoms with van der Waals surface area (Å²) < 4.78 is 0.0372. The van der Waals surface area contributed by atoms with Crippen LogP contribution in [0.2, 0.25) is 0 Å². The third-order valence-electron chi connectivity index (χ3n) is 3.04. The van der Waals surface area contributed by atoms with Crippen molar-refractivity contribution in [1.29, 1.82) is 0 Å². The third kappa shape index (κ3) is 2.96. The molecule has 3 rings (SSSR count). The molecule has 0 atom stereocenters. The van der Waals surface area contributed by atoms with E-state index in [1.54, 1.807) is 0 Å². The van der Waals surface area contributed by atoms with Crippen LogP contribution in [0.3, 0.4) is 0 Å². The molecule has 0 aliphatic rings. The van der Waals surface area contributed by atoms with E-state index >= 15 is 0 Å². The van der Waals surface area contributed by atoms with Crippen molar-refractivity contribution < 1.29 is 24.2 Å². The average molecular weight is 364 g/mol. The Labute approximate surface area is 139 Å². The number of hydrogen-bond acceptors (Lipinski definition) is 8. The number of imidazole rings is 3. The Morgan fingerprint density at radius 3 is 1.56 bits per heavy atom. The molecular weight excluding hydrogens is 353 g/mol. The summed E-state index contributed by atoms with van der Waals surface area (Å²) in [5.41, 5.74) is -1.31. The van der Waals surface area contributed by atoms with Crippen LogP contribution in [0.15, 0.2) is 37.2 Å². The van der Waals surface area contributed by atoms with Gasteiger partial charge in [0, 0.05) is 37.2 Å². The van der Waals surface area contributed by atoms with Crippen molar-refractivity contribution in [2.45, 2.75) is 0 Å². The quantitative estimate of drug-likeness (QED) is 0.303. The van der Waals surface area contributed by atoms with Crippen LogP contribution in [0.1, 0.15) is 31.9 Å². The number of hydrogen-bond donors (Lipinski definition) is 5. The highest BCUT2D eigenvalue weighted by Crippen LogP contribution is 2.57. The van der Waals surface area contributed by atoms with Crippen LogP contribution in [0, 0.1) is 0 Å². The van der Waals surface area contributed by atoms with Gasteiger partial charge in [-0.25, -0.2) is 19.7 Å². The Morgan fingerprint density at radius 2 is 1.20 bits per heavy atom. The minimum Gasteiger partial charge on any atom is -0.340 e. The summed E-state index contributed by atoms with van der Waals surface area (Å²) in [7, 11) is -4.95. The molecule has 0 aromatic carbocycles. The fourth-order valence-electron chi connectivity index (χ4n) is 1.93. The molecule has 0 unspecified atom stereocenters.